The van der Waals surface area contributed by atoms with E-state index in [1.54, 1.807) is 0 Å². The van der Waals surface area contributed by atoms with Crippen molar-refractivity contribution < 1.29 is 27.4 Å². The van der Waals surface area contributed by atoms with Gasteiger partial charge in [0.25, 0.3) is 0 Å². The lowest BCUT2D eigenvalue weighted by atomic mass is 10.1. The number of halogens is 3. The van der Waals surface area contributed by atoms with Gasteiger partial charge in [-0.05, 0) is 19.1 Å². The summed E-state index contributed by atoms with van der Waals surface area (Å²) in [5.41, 5.74) is -1.74. The molecular formula is C16H16F3N3O3. The molecule has 0 radical (unpaired) electrons. The molecule has 25 heavy (non-hydrogen) atoms. The molecular weight excluding hydrogens is 339 g/mol. The Morgan fingerprint density at radius 1 is 1.36 bits per heavy atom. The summed E-state index contributed by atoms with van der Waals surface area (Å²) >= 11 is 0. The van der Waals surface area contributed by atoms with Crippen LogP contribution in [-0.4, -0.2) is 48.8 Å². The van der Waals surface area contributed by atoms with E-state index in [1.165, 1.54) is 25.3 Å². The average Bonchev–Trinajstić information content (AvgIpc) is 2.60. The quantitative estimate of drug-likeness (QED) is 0.789. The molecule has 2 aromatic rings. The van der Waals surface area contributed by atoms with Gasteiger partial charge in [-0.15, -0.1) is 0 Å². The summed E-state index contributed by atoms with van der Waals surface area (Å²) in [6, 6.07) is 2.56. The number of rotatable bonds is 3. The largest absolute Gasteiger partial charge is 0.462 e. The van der Waals surface area contributed by atoms with Crippen LogP contribution in [0.3, 0.4) is 0 Å². The zero-order valence-electron chi connectivity index (χ0n) is 13.5. The Bertz CT molecular complexity index is 789. The zero-order chi connectivity index (χ0) is 18.0. The summed E-state index contributed by atoms with van der Waals surface area (Å²) in [6.07, 6.45) is -3.36. The van der Waals surface area contributed by atoms with Crippen molar-refractivity contribution in [1.29, 1.82) is 0 Å². The third-order valence-corrected chi connectivity index (χ3v) is 3.80. The summed E-state index contributed by atoms with van der Waals surface area (Å²) in [5.74, 6) is -0.575. The molecule has 2 aromatic heterocycles. The van der Waals surface area contributed by atoms with Crippen molar-refractivity contribution in [2.24, 2.45) is 0 Å². The van der Waals surface area contributed by atoms with E-state index in [9.17, 15) is 18.0 Å². The van der Waals surface area contributed by atoms with Gasteiger partial charge in [0.2, 0.25) is 0 Å². The van der Waals surface area contributed by atoms with E-state index in [0.717, 1.165) is 0 Å². The number of carbonyl (C=O) groups excluding carboxylic acids is 1. The second-order valence-corrected chi connectivity index (χ2v) is 5.40. The molecule has 3 rings (SSSR count). The van der Waals surface area contributed by atoms with E-state index in [4.69, 9.17) is 9.47 Å². The predicted molar refractivity (Wildman–Crippen MR) is 83.5 cm³/mol. The average molecular weight is 355 g/mol. The van der Waals surface area contributed by atoms with Crippen molar-refractivity contribution in [2.75, 3.05) is 37.8 Å². The molecule has 3 heterocycles. The van der Waals surface area contributed by atoms with Crippen LogP contribution >= 0.6 is 0 Å². The number of aromatic nitrogens is 2. The molecule has 0 spiro atoms. The third kappa shape index (κ3) is 3.51. The minimum atomic E-state index is -4.77. The van der Waals surface area contributed by atoms with Gasteiger partial charge >= 0.3 is 12.1 Å². The third-order valence-electron chi connectivity index (χ3n) is 3.80. The molecule has 1 saturated heterocycles. The minimum Gasteiger partial charge on any atom is -0.462 e. The molecule has 0 aliphatic carbocycles. The second-order valence-electron chi connectivity index (χ2n) is 5.40. The first-order valence-electron chi connectivity index (χ1n) is 7.78. The van der Waals surface area contributed by atoms with Crippen LogP contribution in [0, 0.1) is 0 Å². The van der Waals surface area contributed by atoms with Gasteiger partial charge in [-0.2, -0.15) is 13.2 Å². The van der Waals surface area contributed by atoms with Crippen LogP contribution in [0.1, 0.15) is 23.0 Å². The van der Waals surface area contributed by atoms with Crippen LogP contribution in [0.15, 0.2) is 18.3 Å². The highest BCUT2D eigenvalue weighted by Gasteiger charge is 2.38. The van der Waals surface area contributed by atoms with Crippen molar-refractivity contribution in [1.82, 2.24) is 9.97 Å². The van der Waals surface area contributed by atoms with E-state index >= 15 is 0 Å². The molecule has 1 aliphatic heterocycles. The van der Waals surface area contributed by atoms with Crippen LogP contribution in [0.2, 0.25) is 0 Å². The maximum atomic E-state index is 13.3. The summed E-state index contributed by atoms with van der Waals surface area (Å²) < 4.78 is 50.0. The van der Waals surface area contributed by atoms with Gasteiger partial charge in [0.15, 0.2) is 5.69 Å². The summed E-state index contributed by atoms with van der Waals surface area (Å²) in [7, 11) is 0. The van der Waals surface area contributed by atoms with Gasteiger partial charge in [-0.25, -0.2) is 14.8 Å². The molecule has 0 atom stereocenters. The molecule has 0 aromatic carbocycles. The fourth-order valence-corrected chi connectivity index (χ4v) is 2.69. The molecule has 0 N–H and O–H groups in total. The Kier molecular flexibility index (Phi) is 4.76. The molecule has 9 heteroatoms. The van der Waals surface area contributed by atoms with Gasteiger partial charge in [-0.1, -0.05) is 0 Å². The molecule has 0 bridgehead atoms. The highest BCUT2D eigenvalue weighted by molar-refractivity contribution is 5.98. The smallest absolute Gasteiger partial charge is 0.434 e. The van der Waals surface area contributed by atoms with Crippen molar-refractivity contribution >= 4 is 22.7 Å². The van der Waals surface area contributed by atoms with E-state index in [-0.39, 0.29) is 12.1 Å². The lowest BCUT2D eigenvalue weighted by Gasteiger charge is -2.28. The maximum Gasteiger partial charge on any atom is 0.434 e. The Morgan fingerprint density at radius 2 is 2.08 bits per heavy atom. The Hall–Kier alpha value is -2.42. The first kappa shape index (κ1) is 17.4. The number of pyridine rings is 2. The molecule has 0 unspecified atom stereocenters. The van der Waals surface area contributed by atoms with Crippen LogP contribution in [-0.2, 0) is 15.7 Å². The summed E-state index contributed by atoms with van der Waals surface area (Å²) in [4.78, 5) is 21.9. The monoisotopic (exact) mass is 355 g/mol. The first-order valence-corrected chi connectivity index (χ1v) is 7.78. The number of alkyl halides is 3. The Balaban J connectivity index is 2.18. The fourth-order valence-electron chi connectivity index (χ4n) is 2.69. The predicted octanol–water partition coefficient (Wildman–Crippen LogP) is 2.66. The van der Waals surface area contributed by atoms with Gasteiger partial charge in [0, 0.05) is 24.7 Å². The number of anilines is 1. The molecule has 134 valence electrons. The normalized spacial score (nSPS) is 15.4. The first-order chi connectivity index (χ1) is 11.9. The molecule has 6 nitrogen and oxygen atoms in total. The number of nitrogens with zero attached hydrogens (tertiary/aromatic N) is 3. The van der Waals surface area contributed by atoms with Crippen LogP contribution in [0.25, 0.3) is 10.9 Å². The maximum absolute atomic E-state index is 13.3. The van der Waals surface area contributed by atoms with Crippen LogP contribution < -0.4 is 4.90 Å². The zero-order valence-corrected chi connectivity index (χ0v) is 13.5. The summed E-state index contributed by atoms with van der Waals surface area (Å²) in [6.45, 7) is 3.61. The lowest BCUT2D eigenvalue weighted by Crippen LogP contribution is -2.36. The number of hydrogen-bond acceptors (Lipinski definition) is 6. The van der Waals surface area contributed by atoms with Crippen molar-refractivity contribution in [3.8, 4) is 0 Å². The number of fused-ring (bicyclic) bond motifs is 1. The van der Waals surface area contributed by atoms with E-state index < -0.39 is 23.4 Å². The van der Waals surface area contributed by atoms with E-state index in [2.05, 4.69) is 9.97 Å². The molecule has 0 amide bonds. The number of carbonyl (C=O) groups is 1. The number of morpholine rings is 1. The number of ether oxygens (including phenoxy) is 2. The van der Waals surface area contributed by atoms with Gasteiger partial charge < -0.3 is 14.4 Å². The topological polar surface area (TPSA) is 64.5 Å². The summed E-state index contributed by atoms with van der Waals surface area (Å²) in [5, 5.41) is 0.375. The lowest BCUT2D eigenvalue weighted by molar-refractivity contribution is -0.141. The van der Waals surface area contributed by atoms with Gasteiger partial charge in [0.05, 0.1) is 30.9 Å². The van der Waals surface area contributed by atoms with Crippen molar-refractivity contribution in [3.63, 3.8) is 0 Å². The minimum absolute atomic E-state index is 0.0302. The molecule has 1 aliphatic rings. The standard InChI is InChI=1S/C16H16F3N3O3/c1-2-25-15(23)11-9-10-12(21-13(11)16(17,18)19)3-4-20-14(10)22-5-7-24-8-6-22/h3-4,9H,2,5-8H2,1H3. The number of hydrogen-bond donors (Lipinski definition) is 0. The van der Waals surface area contributed by atoms with Crippen LogP contribution in [0.5, 0.6) is 0 Å². The van der Waals surface area contributed by atoms with E-state index in [1.807, 2.05) is 4.90 Å². The van der Waals surface area contributed by atoms with Gasteiger partial charge in [0.1, 0.15) is 5.82 Å². The second kappa shape index (κ2) is 6.83. The van der Waals surface area contributed by atoms with Crippen molar-refractivity contribution in [3.05, 3.63) is 29.6 Å². The number of esters is 1. The van der Waals surface area contributed by atoms with Crippen LogP contribution in [0.4, 0.5) is 19.0 Å². The van der Waals surface area contributed by atoms with Gasteiger partial charge in [-0.3, -0.25) is 0 Å². The Labute approximate surface area is 141 Å². The fraction of sp³-hybridized carbons (Fsp3) is 0.438. The highest BCUT2D eigenvalue weighted by atomic mass is 19.4. The molecule has 1 fully saturated rings. The highest BCUT2D eigenvalue weighted by Crippen LogP contribution is 2.34. The SMILES string of the molecule is CCOC(=O)c1cc2c(N3CCOCC3)nccc2nc1C(F)(F)F. The van der Waals surface area contributed by atoms with Crippen molar-refractivity contribution in [2.45, 2.75) is 13.1 Å². The molecule has 0 saturated carbocycles. The Morgan fingerprint density at radius 3 is 2.72 bits per heavy atom. The van der Waals surface area contributed by atoms with E-state index in [0.29, 0.717) is 37.5 Å².